The molecule has 1 aliphatic heterocycles. The molecule has 0 radical (unpaired) electrons. The molecular formula is C15H16BrF4N3O4. The van der Waals surface area contributed by atoms with Crippen LogP contribution in [-0.4, -0.2) is 71.0 Å². The molecule has 27 heavy (non-hydrogen) atoms. The maximum atomic E-state index is 14.2. The molecule has 0 spiro atoms. The summed E-state index contributed by atoms with van der Waals surface area (Å²) in [6.45, 7) is -0.919. The first-order valence-corrected chi connectivity index (χ1v) is 8.40. The number of amides is 2. The molecule has 0 bridgehead atoms. The molecule has 0 aromatic carbocycles. The van der Waals surface area contributed by atoms with Crippen LogP contribution in [0, 0.1) is 0 Å². The third-order valence-corrected chi connectivity index (χ3v) is 4.51. The summed E-state index contributed by atoms with van der Waals surface area (Å²) in [6, 6.07) is 0.120. The van der Waals surface area contributed by atoms with Gasteiger partial charge in [-0.25, -0.2) is 9.37 Å². The fourth-order valence-electron chi connectivity index (χ4n) is 2.49. The van der Waals surface area contributed by atoms with Crippen molar-refractivity contribution in [2.45, 2.75) is 30.9 Å². The van der Waals surface area contributed by atoms with Crippen LogP contribution in [0.3, 0.4) is 0 Å². The largest absolute Gasteiger partial charge is 0.480 e. The first-order chi connectivity index (χ1) is 12.4. The van der Waals surface area contributed by atoms with Gasteiger partial charge in [-0.15, -0.1) is 0 Å². The number of halogens is 5. The van der Waals surface area contributed by atoms with E-state index < -0.39 is 48.9 Å². The first kappa shape index (κ1) is 21.4. The summed E-state index contributed by atoms with van der Waals surface area (Å²) < 4.78 is 58.0. The Morgan fingerprint density at radius 1 is 1.41 bits per heavy atom. The van der Waals surface area contributed by atoms with E-state index in [0.29, 0.717) is 16.3 Å². The molecule has 1 fully saturated rings. The minimum atomic E-state index is -5.22. The Hall–Kier alpha value is -1.95. The number of hydrogen-bond donors (Lipinski definition) is 2. The van der Waals surface area contributed by atoms with Gasteiger partial charge in [0.2, 0.25) is 11.5 Å². The second kappa shape index (κ2) is 7.58. The van der Waals surface area contributed by atoms with E-state index in [9.17, 15) is 32.3 Å². The van der Waals surface area contributed by atoms with Gasteiger partial charge in [-0.2, -0.15) is 13.2 Å². The fraction of sp³-hybridized carbons (Fsp3) is 0.533. The van der Waals surface area contributed by atoms with E-state index >= 15 is 0 Å². The molecule has 1 aromatic heterocycles. The minimum absolute atomic E-state index is 0.0221. The predicted octanol–water partition coefficient (Wildman–Crippen LogP) is 1.44. The van der Waals surface area contributed by atoms with Crippen LogP contribution in [0.15, 0.2) is 16.7 Å². The summed E-state index contributed by atoms with van der Waals surface area (Å²) in [7, 11) is 1.28. The van der Waals surface area contributed by atoms with E-state index in [1.165, 1.54) is 19.4 Å². The maximum absolute atomic E-state index is 14.2. The quantitative estimate of drug-likeness (QED) is 0.667. The lowest BCUT2D eigenvalue weighted by molar-refractivity contribution is -0.249. The van der Waals surface area contributed by atoms with Crippen molar-refractivity contribution in [3.05, 3.63) is 22.3 Å². The van der Waals surface area contributed by atoms with Crippen molar-refractivity contribution in [2.75, 3.05) is 20.2 Å². The number of aliphatic hydroxyl groups is 1. The first-order valence-electron chi connectivity index (χ1n) is 7.61. The fourth-order valence-corrected chi connectivity index (χ4v) is 2.82. The Morgan fingerprint density at radius 2 is 2.04 bits per heavy atom. The van der Waals surface area contributed by atoms with Gasteiger partial charge < -0.3 is 20.1 Å². The molecule has 150 valence electrons. The Balaban J connectivity index is 2.13. The number of nitrogens with zero attached hydrogens (tertiary/aromatic N) is 2. The number of hydrogen-bond acceptors (Lipinski definition) is 5. The van der Waals surface area contributed by atoms with Crippen molar-refractivity contribution in [1.29, 1.82) is 0 Å². The van der Waals surface area contributed by atoms with Crippen LogP contribution in [0.1, 0.15) is 17.3 Å². The van der Waals surface area contributed by atoms with Gasteiger partial charge in [0.15, 0.2) is 0 Å². The highest BCUT2D eigenvalue weighted by Crippen LogP contribution is 2.33. The predicted molar refractivity (Wildman–Crippen MR) is 87.9 cm³/mol. The van der Waals surface area contributed by atoms with Crippen LogP contribution in [0.2, 0.25) is 0 Å². The number of likely N-dealkylation sites (tertiary alicyclic amines) is 1. The second-order valence-electron chi connectivity index (χ2n) is 6.09. The Morgan fingerprint density at radius 3 is 2.59 bits per heavy atom. The molecule has 3 atom stereocenters. The number of alkyl halides is 4. The van der Waals surface area contributed by atoms with Crippen molar-refractivity contribution in [3.63, 3.8) is 0 Å². The lowest BCUT2D eigenvalue weighted by Gasteiger charge is -2.29. The zero-order chi connectivity index (χ0) is 20.6. The van der Waals surface area contributed by atoms with Gasteiger partial charge in [0.05, 0.1) is 19.7 Å². The van der Waals surface area contributed by atoms with Crippen molar-refractivity contribution >= 4 is 27.7 Å². The number of aromatic nitrogens is 1. The van der Waals surface area contributed by atoms with Crippen LogP contribution in [0.4, 0.5) is 17.6 Å². The molecule has 1 saturated heterocycles. The van der Waals surface area contributed by atoms with Gasteiger partial charge in [-0.1, -0.05) is 0 Å². The standard InChI is InChI=1S/C15H16BrF4N3O4/c1-14(26,15(18,19)20)13(25)23-5-9(17)10(6-23)22-11(24)8-3-7(16)4-21-12(8)27-2/h3-4,9-10,26H,5-6H2,1-2H3,(H,22,24)/t9-,10+,14?/m0/s1. The zero-order valence-corrected chi connectivity index (χ0v) is 15.8. The van der Waals surface area contributed by atoms with Gasteiger partial charge in [-0.05, 0) is 28.9 Å². The smallest absolute Gasteiger partial charge is 0.426 e. The summed E-state index contributed by atoms with van der Waals surface area (Å²) in [5.41, 5.74) is -3.67. The average Bonchev–Trinajstić information content (AvgIpc) is 2.93. The van der Waals surface area contributed by atoms with Crippen LogP contribution in [0.5, 0.6) is 5.88 Å². The number of nitrogens with one attached hydrogen (secondary N) is 1. The van der Waals surface area contributed by atoms with Gasteiger partial charge in [-0.3, -0.25) is 9.59 Å². The molecule has 7 nitrogen and oxygen atoms in total. The number of rotatable bonds is 4. The Labute approximate surface area is 159 Å². The van der Waals surface area contributed by atoms with E-state index in [0.717, 1.165) is 0 Å². The molecule has 0 saturated carbocycles. The Bertz CT molecular complexity index is 744. The van der Waals surface area contributed by atoms with Gasteiger partial charge in [0, 0.05) is 17.2 Å². The van der Waals surface area contributed by atoms with Gasteiger partial charge >= 0.3 is 6.18 Å². The summed E-state index contributed by atoms with van der Waals surface area (Å²) in [5.74, 6) is -2.49. The van der Waals surface area contributed by atoms with E-state index in [1.807, 2.05) is 0 Å². The molecular weight excluding hydrogens is 442 g/mol. The topological polar surface area (TPSA) is 91.8 Å². The minimum Gasteiger partial charge on any atom is -0.480 e. The van der Waals surface area contributed by atoms with Crippen LogP contribution in [0.25, 0.3) is 0 Å². The molecule has 1 aliphatic rings. The Kier molecular flexibility index (Phi) is 6.00. The van der Waals surface area contributed by atoms with Crippen molar-refractivity contribution in [2.24, 2.45) is 0 Å². The normalized spacial score (nSPS) is 22.3. The monoisotopic (exact) mass is 457 g/mol. The lowest BCUT2D eigenvalue weighted by atomic mass is 10.1. The average molecular weight is 458 g/mol. The van der Waals surface area contributed by atoms with Crippen molar-refractivity contribution < 1.29 is 37.0 Å². The third kappa shape index (κ3) is 4.32. The van der Waals surface area contributed by atoms with E-state index in [2.05, 4.69) is 26.2 Å². The van der Waals surface area contributed by atoms with Crippen molar-refractivity contribution in [3.8, 4) is 5.88 Å². The molecule has 2 rings (SSSR count). The third-order valence-electron chi connectivity index (χ3n) is 4.08. The molecule has 1 aromatic rings. The molecule has 1 unspecified atom stereocenters. The van der Waals surface area contributed by atoms with Crippen LogP contribution < -0.4 is 10.1 Å². The van der Waals surface area contributed by atoms with E-state index in [-0.39, 0.29) is 11.4 Å². The van der Waals surface area contributed by atoms with Crippen LogP contribution >= 0.6 is 15.9 Å². The maximum Gasteiger partial charge on any atom is 0.426 e. The van der Waals surface area contributed by atoms with Gasteiger partial charge in [0.1, 0.15) is 11.7 Å². The highest BCUT2D eigenvalue weighted by atomic mass is 79.9. The lowest BCUT2D eigenvalue weighted by Crippen LogP contribution is -2.56. The van der Waals surface area contributed by atoms with E-state index in [4.69, 9.17) is 4.74 Å². The summed E-state index contributed by atoms with van der Waals surface area (Å²) >= 11 is 3.13. The summed E-state index contributed by atoms with van der Waals surface area (Å²) in [6.07, 6.45) is -5.65. The SMILES string of the molecule is COc1ncc(Br)cc1C(=O)N[C@@H]1CN(C(=O)C(C)(O)C(F)(F)F)C[C@@H]1F. The van der Waals surface area contributed by atoms with Crippen LogP contribution in [-0.2, 0) is 4.79 Å². The van der Waals surface area contributed by atoms with E-state index in [1.54, 1.807) is 0 Å². The molecule has 12 heteroatoms. The highest BCUT2D eigenvalue weighted by Gasteiger charge is 2.58. The second-order valence-corrected chi connectivity index (χ2v) is 7.00. The number of methoxy groups -OCH3 is 1. The molecule has 2 N–H and O–H groups in total. The summed E-state index contributed by atoms with van der Waals surface area (Å²) in [5, 5.41) is 11.8. The van der Waals surface area contributed by atoms with Gasteiger partial charge in [0.25, 0.3) is 11.8 Å². The number of pyridine rings is 1. The molecule has 2 amide bonds. The number of carbonyl (C=O) groups excluding carboxylic acids is 2. The number of carbonyl (C=O) groups is 2. The highest BCUT2D eigenvalue weighted by molar-refractivity contribution is 9.10. The van der Waals surface area contributed by atoms with Crippen molar-refractivity contribution in [1.82, 2.24) is 15.2 Å². The summed E-state index contributed by atoms with van der Waals surface area (Å²) in [4.78, 5) is 28.7. The zero-order valence-electron chi connectivity index (χ0n) is 14.2. The molecule has 0 aliphatic carbocycles. The molecule has 2 heterocycles. The number of ether oxygens (including phenoxy) is 1.